The largest absolute Gasteiger partial charge is 0.466 e. The van der Waals surface area contributed by atoms with Gasteiger partial charge in [-0.05, 0) is 24.7 Å². The average Bonchev–Trinajstić information content (AvgIpc) is 2.75. The lowest BCUT2D eigenvalue weighted by Crippen LogP contribution is -2.25. The molecular weight excluding hydrogens is 216 g/mol. The van der Waals surface area contributed by atoms with Crippen LogP contribution in [0.4, 0.5) is 0 Å². The summed E-state index contributed by atoms with van der Waals surface area (Å²) in [5, 5.41) is 0. The van der Waals surface area contributed by atoms with Crippen molar-refractivity contribution < 1.29 is 14.3 Å². The zero-order valence-corrected chi connectivity index (χ0v) is 11.4. The van der Waals surface area contributed by atoms with E-state index >= 15 is 0 Å². The van der Waals surface area contributed by atoms with Crippen LogP contribution in [0.2, 0.25) is 0 Å². The lowest BCUT2D eigenvalue weighted by molar-refractivity contribution is -0.141. The van der Waals surface area contributed by atoms with Crippen molar-refractivity contribution in [1.82, 2.24) is 0 Å². The standard InChI is InChI=1S/C12H20O3.C2H6/c1-9(13)14-7-6-12-11-5-3-2-4-10(11)8-15-12;1-2/h10-12H,2-8H2,1H3;1-2H3/t10-,11-,12?;/m0./s1. The van der Waals surface area contributed by atoms with E-state index < -0.39 is 0 Å². The van der Waals surface area contributed by atoms with Gasteiger partial charge in [-0.1, -0.05) is 26.7 Å². The van der Waals surface area contributed by atoms with Crippen molar-refractivity contribution >= 4 is 5.97 Å². The van der Waals surface area contributed by atoms with E-state index in [0.717, 1.165) is 24.9 Å². The van der Waals surface area contributed by atoms with Crippen molar-refractivity contribution in [3.8, 4) is 0 Å². The molecule has 3 heteroatoms. The Morgan fingerprint density at radius 2 is 2.00 bits per heavy atom. The number of esters is 1. The summed E-state index contributed by atoms with van der Waals surface area (Å²) in [4.78, 5) is 10.6. The summed E-state index contributed by atoms with van der Waals surface area (Å²) in [6, 6.07) is 0. The third-order valence-electron chi connectivity index (χ3n) is 3.68. The molecule has 0 spiro atoms. The van der Waals surface area contributed by atoms with Gasteiger partial charge in [-0.3, -0.25) is 4.79 Å². The van der Waals surface area contributed by atoms with E-state index in [1.807, 2.05) is 13.8 Å². The highest BCUT2D eigenvalue weighted by atomic mass is 16.5. The van der Waals surface area contributed by atoms with Gasteiger partial charge in [0, 0.05) is 13.3 Å². The number of ether oxygens (including phenoxy) is 2. The Morgan fingerprint density at radius 1 is 1.29 bits per heavy atom. The number of rotatable bonds is 3. The second-order valence-electron chi connectivity index (χ2n) is 4.71. The summed E-state index contributed by atoms with van der Waals surface area (Å²) >= 11 is 0. The Labute approximate surface area is 105 Å². The van der Waals surface area contributed by atoms with Crippen LogP contribution >= 0.6 is 0 Å². The molecule has 17 heavy (non-hydrogen) atoms. The van der Waals surface area contributed by atoms with Gasteiger partial charge in [-0.2, -0.15) is 0 Å². The number of fused-ring (bicyclic) bond motifs is 1. The van der Waals surface area contributed by atoms with Crippen molar-refractivity contribution in [3.05, 3.63) is 0 Å². The molecule has 1 aliphatic heterocycles. The minimum absolute atomic E-state index is 0.187. The molecule has 2 aliphatic rings. The van der Waals surface area contributed by atoms with Gasteiger partial charge in [-0.25, -0.2) is 0 Å². The fraction of sp³-hybridized carbons (Fsp3) is 0.929. The zero-order chi connectivity index (χ0) is 12.7. The van der Waals surface area contributed by atoms with E-state index in [-0.39, 0.29) is 5.97 Å². The van der Waals surface area contributed by atoms with Crippen LogP contribution in [-0.2, 0) is 14.3 Å². The molecule has 0 amide bonds. The molecule has 3 nitrogen and oxygen atoms in total. The number of hydrogen-bond acceptors (Lipinski definition) is 3. The number of hydrogen-bond donors (Lipinski definition) is 0. The fourth-order valence-corrected chi connectivity index (χ4v) is 2.92. The van der Waals surface area contributed by atoms with Crippen LogP contribution in [0.15, 0.2) is 0 Å². The second kappa shape index (κ2) is 7.70. The molecule has 2 fully saturated rings. The quantitative estimate of drug-likeness (QED) is 0.713. The van der Waals surface area contributed by atoms with Gasteiger partial charge in [-0.15, -0.1) is 0 Å². The maximum atomic E-state index is 10.6. The van der Waals surface area contributed by atoms with Gasteiger partial charge >= 0.3 is 5.97 Å². The van der Waals surface area contributed by atoms with E-state index in [9.17, 15) is 4.79 Å². The monoisotopic (exact) mass is 242 g/mol. The summed E-state index contributed by atoms with van der Waals surface area (Å²) < 4.78 is 10.8. The van der Waals surface area contributed by atoms with Gasteiger partial charge in [0.25, 0.3) is 0 Å². The van der Waals surface area contributed by atoms with Gasteiger partial charge in [0.15, 0.2) is 0 Å². The van der Waals surface area contributed by atoms with Crippen molar-refractivity contribution in [3.63, 3.8) is 0 Å². The maximum absolute atomic E-state index is 10.6. The zero-order valence-electron chi connectivity index (χ0n) is 11.4. The van der Waals surface area contributed by atoms with E-state index in [2.05, 4.69) is 0 Å². The minimum Gasteiger partial charge on any atom is -0.466 e. The molecule has 0 bridgehead atoms. The molecule has 1 unspecified atom stereocenters. The third-order valence-corrected chi connectivity index (χ3v) is 3.68. The van der Waals surface area contributed by atoms with Gasteiger partial charge in [0.05, 0.1) is 19.3 Å². The Bertz CT molecular complexity index is 228. The third kappa shape index (κ3) is 4.30. The van der Waals surface area contributed by atoms with E-state index in [0.29, 0.717) is 12.7 Å². The Kier molecular flexibility index (Phi) is 6.56. The molecular formula is C14H26O3. The molecule has 100 valence electrons. The Balaban J connectivity index is 0.000000686. The first-order valence-corrected chi connectivity index (χ1v) is 7.02. The van der Waals surface area contributed by atoms with Crippen LogP contribution in [0.1, 0.15) is 52.9 Å². The highest BCUT2D eigenvalue weighted by molar-refractivity contribution is 5.65. The van der Waals surface area contributed by atoms with Crippen LogP contribution in [0.5, 0.6) is 0 Å². The van der Waals surface area contributed by atoms with Gasteiger partial charge in [0.1, 0.15) is 0 Å². The Morgan fingerprint density at radius 3 is 2.71 bits per heavy atom. The summed E-state index contributed by atoms with van der Waals surface area (Å²) in [7, 11) is 0. The first-order valence-electron chi connectivity index (χ1n) is 7.02. The molecule has 0 N–H and O–H groups in total. The molecule has 0 radical (unpaired) electrons. The first-order chi connectivity index (χ1) is 8.27. The summed E-state index contributed by atoms with van der Waals surface area (Å²) in [6.07, 6.45) is 6.55. The van der Waals surface area contributed by atoms with E-state index in [1.165, 1.54) is 32.6 Å². The molecule has 1 saturated heterocycles. The van der Waals surface area contributed by atoms with Crippen molar-refractivity contribution in [2.45, 2.75) is 59.0 Å². The first kappa shape index (κ1) is 14.5. The maximum Gasteiger partial charge on any atom is 0.302 e. The minimum atomic E-state index is -0.187. The molecule has 0 aromatic carbocycles. The predicted molar refractivity (Wildman–Crippen MR) is 67.8 cm³/mol. The number of carbonyl (C=O) groups excluding carboxylic acids is 1. The van der Waals surface area contributed by atoms with E-state index in [1.54, 1.807) is 0 Å². The predicted octanol–water partition coefficient (Wildman–Crippen LogP) is 3.17. The van der Waals surface area contributed by atoms with Crippen molar-refractivity contribution in [1.29, 1.82) is 0 Å². The molecule has 1 heterocycles. The molecule has 2 rings (SSSR count). The van der Waals surface area contributed by atoms with Gasteiger partial charge < -0.3 is 9.47 Å². The Hall–Kier alpha value is -0.570. The highest BCUT2D eigenvalue weighted by Gasteiger charge is 2.38. The molecule has 1 aliphatic carbocycles. The van der Waals surface area contributed by atoms with Gasteiger partial charge in [0.2, 0.25) is 0 Å². The molecule has 0 aromatic heterocycles. The summed E-state index contributed by atoms with van der Waals surface area (Å²) in [5.41, 5.74) is 0. The van der Waals surface area contributed by atoms with Crippen molar-refractivity contribution in [2.75, 3.05) is 13.2 Å². The van der Waals surface area contributed by atoms with Crippen LogP contribution in [-0.4, -0.2) is 25.3 Å². The SMILES string of the molecule is CC.CC(=O)OCCC1OC[C@@H]2CCCC[C@H]12. The smallest absolute Gasteiger partial charge is 0.302 e. The highest BCUT2D eigenvalue weighted by Crippen LogP contribution is 2.39. The van der Waals surface area contributed by atoms with Crippen LogP contribution in [0.25, 0.3) is 0 Å². The van der Waals surface area contributed by atoms with Crippen molar-refractivity contribution in [2.24, 2.45) is 11.8 Å². The normalized spacial score (nSPS) is 31.1. The fourth-order valence-electron chi connectivity index (χ4n) is 2.92. The van der Waals surface area contributed by atoms with Crippen LogP contribution in [0, 0.1) is 11.8 Å². The van der Waals surface area contributed by atoms with Crippen LogP contribution < -0.4 is 0 Å². The summed E-state index contributed by atoms with van der Waals surface area (Å²) in [6.45, 7) is 6.90. The van der Waals surface area contributed by atoms with Crippen LogP contribution in [0.3, 0.4) is 0 Å². The lowest BCUT2D eigenvalue weighted by Gasteiger charge is -2.26. The molecule has 0 aromatic rings. The van der Waals surface area contributed by atoms with E-state index in [4.69, 9.17) is 9.47 Å². The summed E-state index contributed by atoms with van der Waals surface area (Å²) in [5.74, 6) is 1.32. The second-order valence-corrected chi connectivity index (χ2v) is 4.71. The number of carbonyl (C=O) groups is 1. The lowest BCUT2D eigenvalue weighted by atomic mass is 9.78. The average molecular weight is 242 g/mol. The molecule has 3 atom stereocenters. The topological polar surface area (TPSA) is 35.5 Å². The molecule has 1 saturated carbocycles.